The van der Waals surface area contributed by atoms with Crippen LogP contribution >= 0.6 is 0 Å². The number of carbonyl (C=O) groups excluding carboxylic acids is 3. The van der Waals surface area contributed by atoms with Crippen LogP contribution in [0.5, 0.6) is 11.5 Å². The zero-order valence-corrected chi connectivity index (χ0v) is 20.1. The largest absolute Gasteiger partial charge is 0.486 e. The first-order valence-electron chi connectivity index (χ1n) is 11.9. The molecule has 0 radical (unpaired) electrons. The van der Waals surface area contributed by atoms with E-state index in [0.717, 1.165) is 5.56 Å². The fourth-order valence-electron chi connectivity index (χ4n) is 3.94. The van der Waals surface area contributed by atoms with Gasteiger partial charge >= 0.3 is 0 Å². The van der Waals surface area contributed by atoms with Crippen LogP contribution in [-0.4, -0.2) is 55.0 Å². The molecule has 0 aromatic heterocycles. The van der Waals surface area contributed by atoms with E-state index >= 15 is 0 Å². The lowest BCUT2D eigenvalue weighted by Crippen LogP contribution is -2.51. The first-order valence-corrected chi connectivity index (χ1v) is 11.9. The van der Waals surface area contributed by atoms with E-state index in [1.807, 2.05) is 36.4 Å². The SMILES string of the molecule is CCN(CC(=O)Nc1ccc2c(c1)OCCO2)C(=O)C(Cc1ccccc1)NC(=O)c1ccccc1. The summed E-state index contributed by atoms with van der Waals surface area (Å²) in [6, 6.07) is 22.5. The van der Waals surface area contributed by atoms with Crippen LogP contribution in [0.1, 0.15) is 22.8 Å². The second kappa shape index (κ2) is 11.9. The van der Waals surface area contributed by atoms with Gasteiger partial charge in [0, 0.05) is 30.3 Å². The fourth-order valence-corrected chi connectivity index (χ4v) is 3.94. The normalized spacial score (nSPS) is 12.8. The van der Waals surface area contributed by atoms with Crippen LogP contribution in [0.25, 0.3) is 0 Å². The fraction of sp³-hybridized carbons (Fsp3) is 0.250. The summed E-state index contributed by atoms with van der Waals surface area (Å²) in [5, 5.41) is 5.67. The number of fused-ring (bicyclic) bond motifs is 1. The third-order valence-corrected chi connectivity index (χ3v) is 5.78. The van der Waals surface area contributed by atoms with Gasteiger partial charge in [0.25, 0.3) is 5.91 Å². The number of nitrogens with zero attached hydrogens (tertiary/aromatic N) is 1. The lowest BCUT2D eigenvalue weighted by molar-refractivity contribution is -0.136. The summed E-state index contributed by atoms with van der Waals surface area (Å²) >= 11 is 0. The van der Waals surface area contributed by atoms with Gasteiger partial charge in [0.2, 0.25) is 11.8 Å². The number of ether oxygens (including phenoxy) is 2. The van der Waals surface area contributed by atoms with Crippen molar-refractivity contribution in [3.05, 3.63) is 90.0 Å². The molecule has 36 heavy (non-hydrogen) atoms. The number of hydrogen-bond donors (Lipinski definition) is 2. The average Bonchev–Trinajstić information content (AvgIpc) is 2.92. The molecule has 1 heterocycles. The monoisotopic (exact) mass is 487 g/mol. The van der Waals surface area contributed by atoms with Crippen LogP contribution in [0.4, 0.5) is 5.69 Å². The molecule has 0 saturated heterocycles. The molecule has 1 aliphatic rings. The molecule has 0 fully saturated rings. The average molecular weight is 488 g/mol. The van der Waals surface area contributed by atoms with Gasteiger partial charge in [0.05, 0.1) is 6.54 Å². The maximum atomic E-state index is 13.5. The van der Waals surface area contributed by atoms with Crippen molar-refractivity contribution in [3.63, 3.8) is 0 Å². The standard InChI is InChI=1S/C28H29N3O5/c1-2-31(19-26(32)29-22-13-14-24-25(18-22)36-16-15-35-24)28(34)23(17-20-9-5-3-6-10-20)30-27(33)21-11-7-4-8-12-21/h3-14,18,23H,2,15-17,19H2,1H3,(H,29,32)(H,30,33). The van der Waals surface area contributed by atoms with Gasteiger partial charge in [-0.2, -0.15) is 0 Å². The molecule has 8 heteroatoms. The zero-order valence-electron chi connectivity index (χ0n) is 20.1. The molecule has 0 aliphatic carbocycles. The Balaban J connectivity index is 1.45. The molecule has 1 atom stereocenters. The van der Waals surface area contributed by atoms with E-state index in [2.05, 4.69) is 10.6 Å². The van der Waals surface area contributed by atoms with Gasteiger partial charge in [-0.25, -0.2) is 0 Å². The highest BCUT2D eigenvalue weighted by Crippen LogP contribution is 2.32. The molecular formula is C28H29N3O5. The Bertz CT molecular complexity index is 1200. The Hall–Kier alpha value is -4.33. The highest BCUT2D eigenvalue weighted by atomic mass is 16.6. The van der Waals surface area contributed by atoms with Crippen molar-refractivity contribution in [2.45, 2.75) is 19.4 Å². The maximum Gasteiger partial charge on any atom is 0.251 e. The molecule has 0 bridgehead atoms. The number of benzene rings is 3. The predicted octanol–water partition coefficient (Wildman–Crippen LogP) is 3.29. The van der Waals surface area contributed by atoms with Gasteiger partial charge in [0.1, 0.15) is 19.3 Å². The van der Waals surface area contributed by atoms with Crippen LogP contribution < -0.4 is 20.1 Å². The van der Waals surface area contributed by atoms with Crippen molar-refractivity contribution in [2.75, 3.05) is 31.6 Å². The molecule has 3 amide bonds. The highest BCUT2D eigenvalue weighted by molar-refractivity contribution is 5.99. The Morgan fingerprint density at radius 3 is 2.25 bits per heavy atom. The predicted molar refractivity (Wildman–Crippen MR) is 136 cm³/mol. The number of nitrogens with one attached hydrogen (secondary N) is 2. The lowest BCUT2D eigenvalue weighted by atomic mass is 10.0. The third-order valence-electron chi connectivity index (χ3n) is 5.78. The summed E-state index contributed by atoms with van der Waals surface area (Å²) in [6.07, 6.45) is 0.304. The van der Waals surface area contributed by atoms with Crippen LogP contribution in [-0.2, 0) is 16.0 Å². The first kappa shape index (κ1) is 24.8. The van der Waals surface area contributed by atoms with Crippen molar-refractivity contribution in [1.29, 1.82) is 0 Å². The molecular weight excluding hydrogens is 458 g/mol. The minimum atomic E-state index is -0.831. The van der Waals surface area contributed by atoms with Crippen molar-refractivity contribution >= 4 is 23.4 Å². The summed E-state index contributed by atoms with van der Waals surface area (Å²) in [7, 11) is 0. The molecule has 0 saturated carbocycles. The zero-order chi connectivity index (χ0) is 25.3. The minimum absolute atomic E-state index is 0.156. The van der Waals surface area contributed by atoms with Gasteiger partial charge in [0.15, 0.2) is 11.5 Å². The summed E-state index contributed by atoms with van der Waals surface area (Å²) in [5.74, 6) is 0.163. The molecule has 8 nitrogen and oxygen atoms in total. The van der Waals surface area contributed by atoms with E-state index < -0.39 is 6.04 Å². The molecule has 186 valence electrons. The van der Waals surface area contributed by atoms with Crippen LogP contribution in [0.2, 0.25) is 0 Å². The Morgan fingerprint density at radius 2 is 1.56 bits per heavy atom. The van der Waals surface area contributed by atoms with Crippen LogP contribution in [0.15, 0.2) is 78.9 Å². The summed E-state index contributed by atoms with van der Waals surface area (Å²) in [4.78, 5) is 40.6. The number of rotatable bonds is 9. The van der Waals surface area contributed by atoms with Crippen LogP contribution in [0, 0.1) is 0 Å². The second-order valence-electron chi connectivity index (χ2n) is 8.34. The number of anilines is 1. The molecule has 3 aromatic carbocycles. The van der Waals surface area contributed by atoms with E-state index in [0.29, 0.717) is 48.9 Å². The molecule has 2 N–H and O–H groups in total. The quantitative estimate of drug-likeness (QED) is 0.483. The molecule has 4 rings (SSSR count). The molecule has 1 aliphatic heterocycles. The van der Waals surface area contributed by atoms with Gasteiger partial charge in [-0.1, -0.05) is 48.5 Å². The first-order chi connectivity index (χ1) is 17.5. The van der Waals surface area contributed by atoms with E-state index in [1.165, 1.54) is 4.90 Å². The van der Waals surface area contributed by atoms with E-state index in [1.54, 1.807) is 49.4 Å². The Kier molecular flexibility index (Phi) is 8.18. The molecule has 1 unspecified atom stereocenters. The van der Waals surface area contributed by atoms with Crippen molar-refractivity contribution in [2.24, 2.45) is 0 Å². The van der Waals surface area contributed by atoms with Crippen molar-refractivity contribution in [1.82, 2.24) is 10.2 Å². The van der Waals surface area contributed by atoms with Gasteiger partial charge < -0.3 is 25.0 Å². The van der Waals surface area contributed by atoms with Crippen LogP contribution in [0.3, 0.4) is 0 Å². The number of hydrogen-bond acceptors (Lipinski definition) is 5. The summed E-state index contributed by atoms with van der Waals surface area (Å²) < 4.78 is 11.1. The van der Waals surface area contributed by atoms with Gasteiger partial charge in [-0.05, 0) is 36.8 Å². The van der Waals surface area contributed by atoms with E-state index in [-0.39, 0.29) is 24.3 Å². The van der Waals surface area contributed by atoms with Gasteiger partial charge in [-0.15, -0.1) is 0 Å². The summed E-state index contributed by atoms with van der Waals surface area (Å²) in [5.41, 5.74) is 1.91. The third kappa shape index (κ3) is 6.41. The number of carbonyl (C=O) groups is 3. The number of likely N-dealkylation sites (N-methyl/N-ethyl adjacent to an activating group) is 1. The highest BCUT2D eigenvalue weighted by Gasteiger charge is 2.27. The van der Waals surface area contributed by atoms with Gasteiger partial charge in [-0.3, -0.25) is 14.4 Å². The minimum Gasteiger partial charge on any atom is -0.486 e. The second-order valence-corrected chi connectivity index (χ2v) is 8.34. The van der Waals surface area contributed by atoms with Crippen molar-refractivity contribution < 1.29 is 23.9 Å². The topological polar surface area (TPSA) is 97.0 Å². The van der Waals surface area contributed by atoms with E-state index in [4.69, 9.17) is 9.47 Å². The number of amides is 3. The Morgan fingerprint density at radius 1 is 0.889 bits per heavy atom. The molecule has 0 spiro atoms. The smallest absolute Gasteiger partial charge is 0.251 e. The van der Waals surface area contributed by atoms with Crippen molar-refractivity contribution in [3.8, 4) is 11.5 Å². The van der Waals surface area contributed by atoms with E-state index in [9.17, 15) is 14.4 Å². The summed E-state index contributed by atoms with van der Waals surface area (Å²) in [6.45, 7) is 2.88. The Labute approximate surface area is 210 Å². The maximum absolute atomic E-state index is 13.5. The molecule has 3 aromatic rings. The lowest BCUT2D eigenvalue weighted by Gasteiger charge is -2.27.